The number of aromatic nitrogens is 1. The predicted molar refractivity (Wildman–Crippen MR) is 65.3 cm³/mol. The highest BCUT2D eigenvalue weighted by Crippen LogP contribution is 2.35. The molecule has 16 heavy (non-hydrogen) atoms. The molecule has 1 aliphatic rings. The van der Waals surface area contributed by atoms with Crippen molar-refractivity contribution >= 4 is 27.5 Å². The molecule has 2 heterocycles. The molecule has 1 aliphatic heterocycles. The SMILES string of the molecule is O=C1Nc2cc(Br)ccc2C1n1cccc1. The van der Waals surface area contributed by atoms with Crippen molar-refractivity contribution in [3.8, 4) is 0 Å². The van der Waals surface area contributed by atoms with Crippen molar-refractivity contribution < 1.29 is 4.79 Å². The molecular weight excluding hydrogens is 268 g/mol. The molecule has 0 saturated carbocycles. The lowest BCUT2D eigenvalue weighted by Gasteiger charge is -2.10. The van der Waals surface area contributed by atoms with Crippen LogP contribution in [-0.4, -0.2) is 10.5 Å². The standard InChI is InChI=1S/C12H9BrN2O/c13-8-3-4-9-10(7-8)14-12(16)11(9)15-5-1-2-6-15/h1-7,11H,(H,14,16). The normalized spacial score (nSPS) is 18.3. The molecule has 0 saturated heterocycles. The summed E-state index contributed by atoms with van der Waals surface area (Å²) in [5.74, 6) is 0.0179. The Morgan fingerprint density at radius 2 is 2.00 bits per heavy atom. The molecule has 0 aliphatic carbocycles. The van der Waals surface area contributed by atoms with Crippen LogP contribution in [0, 0.1) is 0 Å². The minimum atomic E-state index is -0.238. The lowest BCUT2D eigenvalue weighted by Crippen LogP contribution is -2.18. The van der Waals surface area contributed by atoms with Crippen molar-refractivity contribution in [2.45, 2.75) is 6.04 Å². The van der Waals surface area contributed by atoms with Gasteiger partial charge in [0, 0.05) is 28.1 Å². The third-order valence-electron chi connectivity index (χ3n) is 2.74. The molecule has 1 aromatic carbocycles. The van der Waals surface area contributed by atoms with E-state index in [1.807, 2.05) is 47.3 Å². The number of anilines is 1. The van der Waals surface area contributed by atoms with E-state index < -0.39 is 0 Å². The summed E-state index contributed by atoms with van der Waals surface area (Å²) in [4.78, 5) is 11.9. The molecule has 0 spiro atoms. The van der Waals surface area contributed by atoms with Gasteiger partial charge in [0.05, 0.1) is 0 Å². The van der Waals surface area contributed by atoms with Crippen molar-refractivity contribution in [3.05, 3.63) is 52.8 Å². The van der Waals surface area contributed by atoms with Crippen LogP contribution in [0.2, 0.25) is 0 Å². The molecule has 0 bridgehead atoms. The molecule has 0 radical (unpaired) electrons. The number of benzene rings is 1. The van der Waals surface area contributed by atoms with E-state index in [0.717, 1.165) is 15.7 Å². The fourth-order valence-electron chi connectivity index (χ4n) is 2.03. The minimum Gasteiger partial charge on any atom is -0.338 e. The smallest absolute Gasteiger partial charge is 0.252 e. The fourth-order valence-corrected chi connectivity index (χ4v) is 2.39. The van der Waals surface area contributed by atoms with Gasteiger partial charge in [0.2, 0.25) is 0 Å². The summed E-state index contributed by atoms with van der Waals surface area (Å²) in [5.41, 5.74) is 1.91. The summed E-state index contributed by atoms with van der Waals surface area (Å²) in [6.45, 7) is 0. The van der Waals surface area contributed by atoms with Crippen LogP contribution in [0.15, 0.2) is 47.2 Å². The van der Waals surface area contributed by atoms with Crippen molar-refractivity contribution in [2.75, 3.05) is 5.32 Å². The zero-order valence-electron chi connectivity index (χ0n) is 8.35. The Bertz CT molecular complexity index is 548. The molecule has 3 rings (SSSR count). The second kappa shape index (κ2) is 3.49. The van der Waals surface area contributed by atoms with Gasteiger partial charge in [-0.05, 0) is 24.3 Å². The number of fused-ring (bicyclic) bond motifs is 1. The Hall–Kier alpha value is -1.55. The summed E-state index contributed by atoms with van der Waals surface area (Å²) in [7, 11) is 0. The Morgan fingerprint density at radius 3 is 2.75 bits per heavy atom. The van der Waals surface area contributed by atoms with Gasteiger partial charge in [-0.2, -0.15) is 0 Å². The maximum Gasteiger partial charge on any atom is 0.252 e. The number of hydrogen-bond acceptors (Lipinski definition) is 1. The van der Waals surface area contributed by atoms with Gasteiger partial charge in [-0.1, -0.05) is 22.0 Å². The van der Waals surface area contributed by atoms with E-state index in [1.54, 1.807) is 0 Å². The molecule has 1 unspecified atom stereocenters. The highest BCUT2D eigenvalue weighted by Gasteiger charge is 2.31. The number of carbonyl (C=O) groups is 1. The molecule has 1 aromatic heterocycles. The third kappa shape index (κ3) is 1.38. The summed E-state index contributed by atoms with van der Waals surface area (Å²) < 4.78 is 2.88. The number of halogens is 1. The molecule has 1 N–H and O–H groups in total. The zero-order valence-corrected chi connectivity index (χ0v) is 9.94. The monoisotopic (exact) mass is 276 g/mol. The summed E-state index contributed by atoms with van der Waals surface area (Å²) in [5, 5.41) is 2.89. The van der Waals surface area contributed by atoms with Crippen LogP contribution in [0.3, 0.4) is 0 Å². The quantitative estimate of drug-likeness (QED) is 0.854. The number of nitrogens with one attached hydrogen (secondary N) is 1. The van der Waals surface area contributed by atoms with Crippen LogP contribution in [0.5, 0.6) is 0 Å². The van der Waals surface area contributed by atoms with Crippen LogP contribution >= 0.6 is 15.9 Å². The topological polar surface area (TPSA) is 34.0 Å². The number of rotatable bonds is 1. The molecule has 2 aromatic rings. The highest BCUT2D eigenvalue weighted by molar-refractivity contribution is 9.10. The zero-order chi connectivity index (χ0) is 11.1. The number of hydrogen-bond donors (Lipinski definition) is 1. The first-order chi connectivity index (χ1) is 7.75. The summed E-state index contributed by atoms with van der Waals surface area (Å²) >= 11 is 3.40. The molecule has 3 nitrogen and oxygen atoms in total. The van der Waals surface area contributed by atoms with Crippen molar-refractivity contribution in [3.63, 3.8) is 0 Å². The first-order valence-electron chi connectivity index (χ1n) is 4.98. The van der Waals surface area contributed by atoms with Crippen molar-refractivity contribution in [2.24, 2.45) is 0 Å². The maximum atomic E-state index is 11.9. The second-order valence-corrected chi connectivity index (χ2v) is 4.67. The van der Waals surface area contributed by atoms with Crippen LogP contribution in [0.4, 0.5) is 5.69 Å². The molecule has 80 valence electrons. The number of amides is 1. The first-order valence-corrected chi connectivity index (χ1v) is 5.78. The maximum absolute atomic E-state index is 11.9. The van der Waals surface area contributed by atoms with E-state index in [-0.39, 0.29) is 11.9 Å². The van der Waals surface area contributed by atoms with Crippen LogP contribution in [0.1, 0.15) is 11.6 Å². The van der Waals surface area contributed by atoms with Gasteiger partial charge in [-0.15, -0.1) is 0 Å². The second-order valence-electron chi connectivity index (χ2n) is 3.75. The Balaban J connectivity index is 2.13. The number of nitrogens with zero attached hydrogens (tertiary/aromatic N) is 1. The average molecular weight is 277 g/mol. The van der Waals surface area contributed by atoms with E-state index in [0.29, 0.717) is 0 Å². The van der Waals surface area contributed by atoms with E-state index in [1.165, 1.54) is 0 Å². The third-order valence-corrected chi connectivity index (χ3v) is 3.24. The van der Waals surface area contributed by atoms with Gasteiger partial charge in [0.1, 0.15) is 6.04 Å². The fraction of sp³-hybridized carbons (Fsp3) is 0.0833. The van der Waals surface area contributed by atoms with Crippen molar-refractivity contribution in [1.82, 2.24) is 4.57 Å². The van der Waals surface area contributed by atoms with Gasteiger partial charge < -0.3 is 9.88 Å². The van der Waals surface area contributed by atoms with Crippen LogP contribution in [0.25, 0.3) is 0 Å². The van der Waals surface area contributed by atoms with Gasteiger partial charge in [-0.3, -0.25) is 4.79 Å². The molecule has 0 fully saturated rings. The van der Waals surface area contributed by atoms with Crippen LogP contribution < -0.4 is 5.32 Å². The first kappa shape index (κ1) is 9.66. The minimum absolute atomic E-state index is 0.0179. The van der Waals surface area contributed by atoms with Gasteiger partial charge in [0.15, 0.2) is 0 Å². The van der Waals surface area contributed by atoms with E-state index >= 15 is 0 Å². The average Bonchev–Trinajstić information content (AvgIpc) is 2.83. The van der Waals surface area contributed by atoms with E-state index in [2.05, 4.69) is 21.2 Å². The van der Waals surface area contributed by atoms with Crippen LogP contribution in [-0.2, 0) is 4.79 Å². The van der Waals surface area contributed by atoms with E-state index in [9.17, 15) is 4.79 Å². The molecule has 1 atom stereocenters. The van der Waals surface area contributed by atoms with Gasteiger partial charge in [0.25, 0.3) is 5.91 Å². The Morgan fingerprint density at radius 1 is 1.25 bits per heavy atom. The lowest BCUT2D eigenvalue weighted by atomic mass is 10.1. The van der Waals surface area contributed by atoms with Gasteiger partial charge in [-0.25, -0.2) is 0 Å². The summed E-state index contributed by atoms with van der Waals surface area (Å²) in [6, 6.07) is 9.46. The molecule has 1 amide bonds. The summed E-state index contributed by atoms with van der Waals surface area (Å²) in [6.07, 6.45) is 3.81. The Labute approximate surface area is 101 Å². The lowest BCUT2D eigenvalue weighted by molar-refractivity contribution is -0.117. The largest absolute Gasteiger partial charge is 0.338 e. The molecule has 4 heteroatoms. The number of carbonyl (C=O) groups excluding carboxylic acids is 1. The van der Waals surface area contributed by atoms with E-state index in [4.69, 9.17) is 0 Å². The Kier molecular flexibility index (Phi) is 2.11. The van der Waals surface area contributed by atoms with Gasteiger partial charge >= 0.3 is 0 Å². The predicted octanol–water partition coefficient (Wildman–Crippen LogP) is 2.79. The molecular formula is C12H9BrN2O. The van der Waals surface area contributed by atoms with Crippen molar-refractivity contribution in [1.29, 1.82) is 0 Å². The highest BCUT2D eigenvalue weighted by atomic mass is 79.9.